The van der Waals surface area contributed by atoms with E-state index in [1.165, 1.54) is 0 Å². The molecule has 86 valence electrons. The summed E-state index contributed by atoms with van der Waals surface area (Å²) in [5, 5.41) is 21.6. The number of aliphatic hydroxyl groups excluding tert-OH is 2. The molecule has 3 atom stereocenters. The molecule has 1 rings (SSSR count). The van der Waals surface area contributed by atoms with Crippen LogP contribution in [0.5, 0.6) is 0 Å². The van der Waals surface area contributed by atoms with Crippen LogP contribution < -0.4 is 0 Å². The fourth-order valence-corrected chi connectivity index (χ4v) is 3.03. The Labute approximate surface area is 98.6 Å². The smallest absolute Gasteiger partial charge is 0.0961 e. The van der Waals surface area contributed by atoms with Crippen LogP contribution >= 0.6 is 23.1 Å². The highest BCUT2D eigenvalue weighted by Crippen LogP contribution is 2.22. The van der Waals surface area contributed by atoms with E-state index in [0.717, 1.165) is 10.8 Å². The third-order valence-corrected chi connectivity index (χ3v) is 4.41. The SMILES string of the molecule is CC(CSCC(O)C(C)O)c1nccs1. The van der Waals surface area contributed by atoms with Gasteiger partial charge in [0.15, 0.2) is 0 Å². The lowest BCUT2D eigenvalue weighted by atomic mass is 10.2. The predicted octanol–water partition coefficient (Wildman–Crippen LogP) is 1.72. The summed E-state index contributed by atoms with van der Waals surface area (Å²) >= 11 is 3.31. The number of nitrogens with zero attached hydrogens (tertiary/aromatic N) is 1. The standard InChI is InChI=1S/C10H17NO2S2/c1-7(10-11-3-4-15-10)5-14-6-9(13)8(2)12/h3-4,7-9,12-13H,5-6H2,1-2H3. The summed E-state index contributed by atoms with van der Waals surface area (Å²) in [5.41, 5.74) is 0. The van der Waals surface area contributed by atoms with Crippen LogP contribution in [0.15, 0.2) is 11.6 Å². The van der Waals surface area contributed by atoms with Crippen LogP contribution in [-0.2, 0) is 0 Å². The highest BCUT2D eigenvalue weighted by atomic mass is 32.2. The van der Waals surface area contributed by atoms with Crippen molar-refractivity contribution in [3.05, 3.63) is 16.6 Å². The summed E-state index contributed by atoms with van der Waals surface area (Å²) in [5.74, 6) is 1.92. The van der Waals surface area contributed by atoms with Crippen molar-refractivity contribution >= 4 is 23.1 Å². The van der Waals surface area contributed by atoms with Gasteiger partial charge in [-0.1, -0.05) is 6.92 Å². The van der Waals surface area contributed by atoms with E-state index in [4.69, 9.17) is 5.11 Å². The molecule has 0 spiro atoms. The van der Waals surface area contributed by atoms with Gasteiger partial charge in [-0.15, -0.1) is 11.3 Å². The average molecular weight is 247 g/mol. The van der Waals surface area contributed by atoms with Gasteiger partial charge in [0.2, 0.25) is 0 Å². The monoisotopic (exact) mass is 247 g/mol. The Balaban J connectivity index is 2.21. The van der Waals surface area contributed by atoms with E-state index in [1.807, 2.05) is 11.6 Å². The maximum Gasteiger partial charge on any atom is 0.0961 e. The maximum absolute atomic E-state index is 9.39. The number of thioether (sulfide) groups is 1. The summed E-state index contributed by atoms with van der Waals surface area (Å²) in [4.78, 5) is 4.24. The van der Waals surface area contributed by atoms with Crippen molar-refractivity contribution in [1.29, 1.82) is 0 Å². The molecule has 0 radical (unpaired) electrons. The van der Waals surface area contributed by atoms with Crippen LogP contribution in [0.1, 0.15) is 24.8 Å². The van der Waals surface area contributed by atoms with Crippen molar-refractivity contribution in [3.8, 4) is 0 Å². The Hall–Kier alpha value is -0.100. The molecule has 5 heteroatoms. The first-order valence-electron chi connectivity index (χ1n) is 4.94. The highest BCUT2D eigenvalue weighted by Gasteiger charge is 2.13. The molecule has 0 aliphatic rings. The molecule has 1 aromatic rings. The van der Waals surface area contributed by atoms with E-state index in [1.54, 1.807) is 30.0 Å². The minimum atomic E-state index is -0.646. The molecular weight excluding hydrogens is 230 g/mol. The Morgan fingerprint density at radius 1 is 1.40 bits per heavy atom. The van der Waals surface area contributed by atoms with E-state index in [9.17, 15) is 5.11 Å². The van der Waals surface area contributed by atoms with Gasteiger partial charge in [0.1, 0.15) is 0 Å². The molecule has 0 aromatic carbocycles. The zero-order chi connectivity index (χ0) is 11.3. The largest absolute Gasteiger partial charge is 0.391 e. The van der Waals surface area contributed by atoms with Crippen LogP contribution in [0, 0.1) is 0 Å². The Bertz CT molecular complexity index is 264. The predicted molar refractivity (Wildman–Crippen MR) is 65.5 cm³/mol. The molecule has 3 unspecified atom stereocenters. The first kappa shape index (κ1) is 13.0. The quantitative estimate of drug-likeness (QED) is 0.804. The van der Waals surface area contributed by atoms with Crippen molar-refractivity contribution in [2.75, 3.05) is 11.5 Å². The molecule has 0 bridgehead atoms. The fraction of sp³-hybridized carbons (Fsp3) is 0.700. The van der Waals surface area contributed by atoms with E-state index in [-0.39, 0.29) is 0 Å². The lowest BCUT2D eigenvalue weighted by Crippen LogP contribution is -2.25. The molecule has 3 nitrogen and oxygen atoms in total. The van der Waals surface area contributed by atoms with Crippen molar-refractivity contribution < 1.29 is 10.2 Å². The van der Waals surface area contributed by atoms with Crippen LogP contribution in [0.3, 0.4) is 0 Å². The normalized spacial score (nSPS) is 17.3. The molecule has 0 aliphatic carbocycles. The molecule has 0 amide bonds. The van der Waals surface area contributed by atoms with Gasteiger partial charge in [-0.3, -0.25) is 0 Å². The van der Waals surface area contributed by atoms with Gasteiger partial charge in [-0.05, 0) is 6.92 Å². The number of rotatable bonds is 6. The zero-order valence-electron chi connectivity index (χ0n) is 8.96. The van der Waals surface area contributed by atoms with Crippen molar-refractivity contribution in [3.63, 3.8) is 0 Å². The lowest BCUT2D eigenvalue weighted by molar-refractivity contribution is 0.0469. The average Bonchev–Trinajstić information content (AvgIpc) is 2.70. The molecule has 15 heavy (non-hydrogen) atoms. The van der Waals surface area contributed by atoms with Gasteiger partial charge in [0.05, 0.1) is 17.2 Å². The van der Waals surface area contributed by atoms with Gasteiger partial charge < -0.3 is 10.2 Å². The minimum Gasteiger partial charge on any atom is -0.391 e. The van der Waals surface area contributed by atoms with E-state index < -0.39 is 12.2 Å². The zero-order valence-corrected chi connectivity index (χ0v) is 10.6. The van der Waals surface area contributed by atoms with Crippen LogP contribution in [0.2, 0.25) is 0 Å². The number of hydrogen-bond acceptors (Lipinski definition) is 5. The molecule has 2 N–H and O–H groups in total. The maximum atomic E-state index is 9.39. The van der Waals surface area contributed by atoms with E-state index >= 15 is 0 Å². The third-order valence-electron chi connectivity index (χ3n) is 2.09. The second-order valence-electron chi connectivity index (χ2n) is 3.62. The minimum absolute atomic E-state index is 0.413. The summed E-state index contributed by atoms with van der Waals surface area (Å²) in [6.07, 6.45) is 0.539. The van der Waals surface area contributed by atoms with E-state index in [2.05, 4.69) is 11.9 Å². The topological polar surface area (TPSA) is 53.4 Å². The molecule has 0 saturated carbocycles. The molecule has 0 aliphatic heterocycles. The van der Waals surface area contributed by atoms with Crippen molar-refractivity contribution in [2.45, 2.75) is 32.0 Å². The summed E-state index contributed by atoms with van der Waals surface area (Å²) in [6.45, 7) is 3.73. The number of hydrogen-bond donors (Lipinski definition) is 2. The Kier molecular flexibility index (Phi) is 5.60. The molecule has 0 saturated heterocycles. The van der Waals surface area contributed by atoms with Gasteiger partial charge in [-0.25, -0.2) is 4.98 Å². The summed E-state index contributed by atoms with van der Waals surface area (Å²) in [7, 11) is 0. The number of thiazole rings is 1. The van der Waals surface area contributed by atoms with Gasteiger partial charge in [0.25, 0.3) is 0 Å². The second-order valence-corrected chi connectivity index (χ2v) is 5.62. The van der Waals surface area contributed by atoms with Crippen LogP contribution in [-0.4, -0.2) is 38.9 Å². The molecular formula is C10H17NO2S2. The lowest BCUT2D eigenvalue weighted by Gasteiger charge is -2.14. The third kappa shape index (κ3) is 4.51. The molecule has 1 heterocycles. The van der Waals surface area contributed by atoms with Crippen molar-refractivity contribution in [2.24, 2.45) is 0 Å². The van der Waals surface area contributed by atoms with Gasteiger partial charge in [-0.2, -0.15) is 11.8 Å². The van der Waals surface area contributed by atoms with Gasteiger partial charge >= 0.3 is 0 Å². The number of aliphatic hydroxyl groups is 2. The first-order valence-corrected chi connectivity index (χ1v) is 6.98. The molecule has 0 fully saturated rings. The van der Waals surface area contributed by atoms with Gasteiger partial charge in [0, 0.05) is 29.0 Å². The van der Waals surface area contributed by atoms with Crippen LogP contribution in [0.25, 0.3) is 0 Å². The Morgan fingerprint density at radius 3 is 2.67 bits per heavy atom. The highest BCUT2D eigenvalue weighted by molar-refractivity contribution is 7.99. The second kappa shape index (κ2) is 6.48. The summed E-state index contributed by atoms with van der Waals surface area (Å²) < 4.78 is 0. The van der Waals surface area contributed by atoms with E-state index in [0.29, 0.717) is 11.7 Å². The summed E-state index contributed by atoms with van der Waals surface area (Å²) in [6, 6.07) is 0. The number of aromatic nitrogens is 1. The first-order chi connectivity index (χ1) is 7.11. The Morgan fingerprint density at radius 2 is 2.13 bits per heavy atom. The molecule has 1 aromatic heterocycles. The van der Waals surface area contributed by atoms with Crippen molar-refractivity contribution in [1.82, 2.24) is 4.98 Å². The van der Waals surface area contributed by atoms with Crippen LogP contribution in [0.4, 0.5) is 0 Å². The fourth-order valence-electron chi connectivity index (χ4n) is 1.05.